The van der Waals surface area contributed by atoms with E-state index >= 15 is 0 Å². The van der Waals surface area contributed by atoms with Crippen LogP contribution in [0.4, 0.5) is 30.6 Å². The van der Waals surface area contributed by atoms with Gasteiger partial charge in [-0.3, -0.25) is 9.59 Å². The van der Waals surface area contributed by atoms with Gasteiger partial charge in [0.25, 0.3) is 0 Å². The molecule has 0 unspecified atom stereocenters. The fraction of sp³-hybridized carbons (Fsp3) is 0.333. The number of halogens is 3. The van der Waals surface area contributed by atoms with Crippen LogP contribution in [-0.4, -0.2) is 27.2 Å². The zero-order valence-electron chi connectivity index (χ0n) is 18.5. The molecule has 1 fully saturated rings. The molecule has 11 heteroatoms. The van der Waals surface area contributed by atoms with E-state index in [1.165, 1.54) is 18.2 Å². The van der Waals surface area contributed by atoms with E-state index in [1.807, 2.05) is 12.1 Å². The number of benzene rings is 2. The molecule has 0 aliphatic heterocycles. The summed E-state index contributed by atoms with van der Waals surface area (Å²) < 4.78 is 44.6. The van der Waals surface area contributed by atoms with E-state index < -0.39 is 29.5 Å². The van der Waals surface area contributed by atoms with Gasteiger partial charge in [0.1, 0.15) is 0 Å². The minimum absolute atomic E-state index is 0.208. The molecule has 1 saturated carbocycles. The first kappa shape index (κ1) is 24.2. The maximum Gasteiger partial charge on any atom is 0.418 e. The lowest BCUT2D eigenvalue weighted by atomic mass is 9.77. The average Bonchev–Trinajstić information content (AvgIpc) is 3.28. The van der Waals surface area contributed by atoms with Crippen LogP contribution in [0.5, 0.6) is 0 Å². The molecule has 1 aliphatic rings. The van der Waals surface area contributed by atoms with Gasteiger partial charge in [-0.25, -0.2) is 0 Å². The number of carbonyl (C=O) groups excluding carboxylic acids is 1. The van der Waals surface area contributed by atoms with Gasteiger partial charge in [-0.1, -0.05) is 29.4 Å². The molecule has 0 spiro atoms. The van der Waals surface area contributed by atoms with Gasteiger partial charge < -0.3 is 20.2 Å². The van der Waals surface area contributed by atoms with E-state index in [1.54, 1.807) is 12.1 Å². The third-order valence-electron chi connectivity index (χ3n) is 6.04. The van der Waals surface area contributed by atoms with Crippen molar-refractivity contribution in [3.05, 3.63) is 65.5 Å². The number of carboxylic acid groups (broad SMARTS) is 1. The van der Waals surface area contributed by atoms with Crippen molar-refractivity contribution in [1.82, 2.24) is 10.2 Å². The van der Waals surface area contributed by atoms with Crippen molar-refractivity contribution in [2.45, 2.75) is 44.2 Å². The number of carboxylic acids is 1. The second kappa shape index (κ2) is 10.2. The Hall–Kier alpha value is -3.89. The van der Waals surface area contributed by atoms with Crippen molar-refractivity contribution in [2.24, 2.45) is 5.92 Å². The summed E-state index contributed by atoms with van der Waals surface area (Å²) in [5, 5.41) is 21.2. The smallest absolute Gasteiger partial charge is 0.418 e. The molecular weight excluding hydrogens is 465 g/mol. The number of nitrogens with one attached hydrogen (secondary N) is 2. The first-order valence-electron chi connectivity index (χ1n) is 11.1. The summed E-state index contributed by atoms with van der Waals surface area (Å²) in [6, 6.07) is 11.8. The number of rotatable bonds is 7. The first-order chi connectivity index (χ1) is 16.7. The Morgan fingerprint density at radius 1 is 1.00 bits per heavy atom. The Bertz CT molecular complexity index is 1190. The first-order valence-corrected chi connectivity index (χ1v) is 11.1. The van der Waals surface area contributed by atoms with Gasteiger partial charge in [-0.05, 0) is 67.3 Å². The normalized spacial score (nSPS) is 18.1. The lowest BCUT2D eigenvalue weighted by Crippen LogP contribution is -2.16. The summed E-state index contributed by atoms with van der Waals surface area (Å²) in [6.07, 6.45) is -0.794. The fourth-order valence-electron chi connectivity index (χ4n) is 4.29. The predicted molar refractivity (Wildman–Crippen MR) is 120 cm³/mol. The van der Waals surface area contributed by atoms with Crippen LogP contribution in [-0.2, 0) is 11.0 Å². The van der Waals surface area contributed by atoms with Gasteiger partial charge in [0.05, 0.1) is 11.3 Å². The topological polar surface area (TPSA) is 117 Å². The molecule has 0 bridgehead atoms. The van der Waals surface area contributed by atoms with Crippen LogP contribution >= 0.6 is 0 Å². The van der Waals surface area contributed by atoms with Gasteiger partial charge in [-0.2, -0.15) is 13.2 Å². The van der Waals surface area contributed by atoms with Crippen LogP contribution in [0, 0.1) is 5.92 Å². The van der Waals surface area contributed by atoms with Crippen LogP contribution in [0.3, 0.4) is 0 Å². The number of aromatic nitrogens is 2. The van der Waals surface area contributed by atoms with E-state index in [-0.39, 0.29) is 24.0 Å². The Balaban J connectivity index is 1.34. The van der Waals surface area contributed by atoms with Crippen LogP contribution in [0.25, 0.3) is 0 Å². The Morgan fingerprint density at radius 3 is 2.34 bits per heavy atom. The molecule has 0 atom stereocenters. The highest BCUT2D eigenvalue weighted by Crippen LogP contribution is 2.38. The van der Waals surface area contributed by atoms with Crippen molar-refractivity contribution in [1.29, 1.82) is 0 Å². The van der Waals surface area contributed by atoms with E-state index in [0.717, 1.165) is 37.3 Å². The van der Waals surface area contributed by atoms with Gasteiger partial charge >= 0.3 is 30.0 Å². The average molecular weight is 488 g/mol. The highest BCUT2D eigenvalue weighted by molar-refractivity contribution is 6.00. The molecule has 1 heterocycles. The lowest BCUT2D eigenvalue weighted by Gasteiger charge is -2.28. The molecular formula is C24H23F3N4O4. The Labute approximate surface area is 198 Å². The third-order valence-corrected chi connectivity index (χ3v) is 6.04. The van der Waals surface area contributed by atoms with Crippen molar-refractivity contribution in [3.63, 3.8) is 0 Å². The van der Waals surface area contributed by atoms with Crippen LogP contribution in [0.2, 0.25) is 0 Å². The predicted octanol–water partition coefficient (Wildman–Crippen LogP) is 5.83. The number of para-hydroxylation sites is 1. The SMILES string of the molecule is O=C(O)C[C@H]1CC[C@H](c2ccc(NC(=O)c3nnc(Nc4ccccc4C(F)(F)F)o3)cc2)CC1. The zero-order valence-corrected chi connectivity index (χ0v) is 18.5. The number of alkyl halides is 3. The minimum Gasteiger partial charge on any atom is -0.481 e. The molecule has 8 nitrogen and oxygen atoms in total. The summed E-state index contributed by atoms with van der Waals surface area (Å²) in [4.78, 5) is 23.3. The highest BCUT2D eigenvalue weighted by atomic mass is 19.4. The van der Waals surface area contributed by atoms with Crippen LogP contribution in [0.1, 0.15) is 59.8 Å². The fourth-order valence-corrected chi connectivity index (χ4v) is 4.29. The maximum atomic E-state index is 13.1. The molecule has 35 heavy (non-hydrogen) atoms. The molecule has 2 aromatic carbocycles. The van der Waals surface area contributed by atoms with Crippen LogP contribution < -0.4 is 10.6 Å². The van der Waals surface area contributed by atoms with E-state index in [9.17, 15) is 22.8 Å². The van der Waals surface area contributed by atoms with Gasteiger partial charge in [0.15, 0.2) is 0 Å². The van der Waals surface area contributed by atoms with Crippen molar-refractivity contribution in [2.75, 3.05) is 10.6 Å². The van der Waals surface area contributed by atoms with Crippen LogP contribution in [0.15, 0.2) is 52.9 Å². The van der Waals surface area contributed by atoms with Crippen molar-refractivity contribution < 1.29 is 32.3 Å². The second-order valence-corrected chi connectivity index (χ2v) is 8.47. The monoisotopic (exact) mass is 488 g/mol. The van der Waals surface area contributed by atoms with E-state index in [4.69, 9.17) is 9.52 Å². The summed E-state index contributed by atoms with van der Waals surface area (Å²) in [5.74, 6) is -1.30. The zero-order chi connectivity index (χ0) is 25.0. The minimum atomic E-state index is -4.58. The molecule has 0 saturated heterocycles. The summed E-state index contributed by atoms with van der Waals surface area (Å²) in [5.41, 5.74) is 0.431. The number of aliphatic carboxylic acids is 1. The van der Waals surface area contributed by atoms with Gasteiger partial charge in [-0.15, -0.1) is 5.10 Å². The lowest BCUT2D eigenvalue weighted by molar-refractivity contribution is -0.138. The molecule has 1 amide bonds. The molecule has 184 valence electrons. The number of nitrogens with zero attached hydrogens (tertiary/aromatic N) is 2. The number of amides is 1. The highest BCUT2D eigenvalue weighted by Gasteiger charge is 2.33. The summed E-state index contributed by atoms with van der Waals surface area (Å²) >= 11 is 0. The summed E-state index contributed by atoms with van der Waals surface area (Å²) in [6.45, 7) is 0. The van der Waals surface area contributed by atoms with Gasteiger partial charge in [0, 0.05) is 12.1 Å². The standard InChI is InChI=1S/C24H23F3N4O4/c25-24(26,27)18-3-1-2-4-19(18)29-23-31-30-22(35-23)21(34)28-17-11-9-16(10-12-17)15-7-5-14(6-8-15)13-20(32)33/h1-4,9-12,14-15H,5-8,13H2,(H,28,34)(H,29,31)(H,32,33)/t14-,15-. The van der Waals surface area contributed by atoms with E-state index in [2.05, 4.69) is 20.8 Å². The largest absolute Gasteiger partial charge is 0.481 e. The summed E-state index contributed by atoms with van der Waals surface area (Å²) in [7, 11) is 0. The number of hydrogen-bond donors (Lipinski definition) is 3. The Morgan fingerprint density at radius 2 is 1.69 bits per heavy atom. The molecule has 1 aromatic heterocycles. The number of carbonyl (C=O) groups is 2. The molecule has 0 radical (unpaired) electrons. The number of hydrogen-bond acceptors (Lipinski definition) is 6. The van der Waals surface area contributed by atoms with Gasteiger partial charge in [0.2, 0.25) is 0 Å². The van der Waals surface area contributed by atoms with E-state index in [0.29, 0.717) is 11.6 Å². The molecule has 3 N–H and O–H groups in total. The third kappa shape index (κ3) is 6.17. The Kier molecular flexibility index (Phi) is 7.04. The second-order valence-electron chi connectivity index (χ2n) is 8.47. The molecule has 4 rings (SSSR count). The maximum absolute atomic E-state index is 13.1. The molecule has 1 aliphatic carbocycles. The molecule has 3 aromatic rings. The van der Waals surface area contributed by atoms with Crippen molar-refractivity contribution in [3.8, 4) is 0 Å². The van der Waals surface area contributed by atoms with Crippen molar-refractivity contribution >= 4 is 29.3 Å². The quantitative estimate of drug-likeness (QED) is 0.383. The number of anilines is 3.